The van der Waals surface area contributed by atoms with E-state index >= 15 is 0 Å². The first-order valence-electron chi connectivity index (χ1n) is 5.54. The van der Waals surface area contributed by atoms with Gasteiger partial charge in [0.15, 0.2) is 0 Å². The maximum absolute atomic E-state index is 11.3. The largest absolute Gasteiger partial charge is 0.480 e. The number of nitrogens with one attached hydrogen (secondary N) is 1. The number of rotatable bonds is 4. The molecule has 0 radical (unpaired) electrons. The second-order valence-electron chi connectivity index (χ2n) is 4.62. The van der Waals surface area contributed by atoms with Crippen molar-refractivity contribution in [2.75, 3.05) is 7.11 Å². The molecule has 0 aromatic rings. The Morgan fingerprint density at radius 1 is 1.47 bits per heavy atom. The number of carbonyl (C=O) groups is 1. The molecule has 1 aliphatic rings. The molecule has 4 heteroatoms. The van der Waals surface area contributed by atoms with Gasteiger partial charge in [-0.2, -0.15) is 0 Å². The van der Waals surface area contributed by atoms with Crippen molar-refractivity contribution in [3.8, 4) is 0 Å². The number of methoxy groups -OCH3 is 1. The highest BCUT2D eigenvalue weighted by Gasteiger charge is 2.42. The second-order valence-corrected chi connectivity index (χ2v) is 4.62. The molecule has 1 fully saturated rings. The molecular weight excluding hydrogens is 194 g/mol. The third-order valence-electron chi connectivity index (χ3n) is 3.09. The maximum Gasteiger partial charge on any atom is 0.323 e. The van der Waals surface area contributed by atoms with Gasteiger partial charge in [-0.05, 0) is 39.5 Å². The van der Waals surface area contributed by atoms with Gasteiger partial charge >= 0.3 is 5.97 Å². The van der Waals surface area contributed by atoms with Crippen molar-refractivity contribution in [3.05, 3.63) is 0 Å². The number of carboxylic acid groups (broad SMARTS) is 1. The van der Waals surface area contributed by atoms with Gasteiger partial charge in [0.2, 0.25) is 0 Å². The van der Waals surface area contributed by atoms with Crippen LogP contribution in [0, 0.1) is 0 Å². The summed E-state index contributed by atoms with van der Waals surface area (Å²) in [6.45, 7) is 3.96. The number of hydrogen-bond donors (Lipinski definition) is 2. The molecule has 1 saturated carbocycles. The number of carboxylic acids is 1. The lowest BCUT2D eigenvalue weighted by Gasteiger charge is -2.38. The fourth-order valence-corrected chi connectivity index (χ4v) is 2.29. The van der Waals surface area contributed by atoms with Gasteiger partial charge in [0.1, 0.15) is 5.54 Å². The summed E-state index contributed by atoms with van der Waals surface area (Å²) in [6.07, 6.45) is 3.18. The van der Waals surface area contributed by atoms with Crippen LogP contribution in [0.2, 0.25) is 0 Å². The van der Waals surface area contributed by atoms with E-state index in [-0.39, 0.29) is 12.1 Å². The van der Waals surface area contributed by atoms with Gasteiger partial charge in [-0.3, -0.25) is 10.1 Å². The topological polar surface area (TPSA) is 58.6 Å². The third-order valence-corrected chi connectivity index (χ3v) is 3.09. The predicted molar refractivity (Wildman–Crippen MR) is 57.9 cm³/mol. The minimum Gasteiger partial charge on any atom is -0.480 e. The van der Waals surface area contributed by atoms with Crippen LogP contribution in [-0.2, 0) is 9.53 Å². The molecule has 0 spiro atoms. The van der Waals surface area contributed by atoms with E-state index < -0.39 is 11.5 Å². The van der Waals surface area contributed by atoms with Crippen molar-refractivity contribution in [2.24, 2.45) is 0 Å². The molecule has 15 heavy (non-hydrogen) atoms. The van der Waals surface area contributed by atoms with E-state index in [0.29, 0.717) is 12.8 Å². The molecule has 0 atom stereocenters. The molecule has 0 amide bonds. The first-order valence-corrected chi connectivity index (χ1v) is 5.54. The van der Waals surface area contributed by atoms with Crippen LogP contribution >= 0.6 is 0 Å². The Hall–Kier alpha value is -0.610. The van der Waals surface area contributed by atoms with Gasteiger partial charge in [0, 0.05) is 13.2 Å². The van der Waals surface area contributed by atoms with Gasteiger partial charge in [-0.15, -0.1) is 0 Å². The molecule has 0 saturated heterocycles. The monoisotopic (exact) mass is 215 g/mol. The second kappa shape index (κ2) is 4.94. The van der Waals surface area contributed by atoms with Crippen molar-refractivity contribution in [1.29, 1.82) is 0 Å². The van der Waals surface area contributed by atoms with Crippen LogP contribution in [0.4, 0.5) is 0 Å². The summed E-state index contributed by atoms with van der Waals surface area (Å²) >= 11 is 0. The van der Waals surface area contributed by atoms with Gasteiger partial charge in [0.05, 0.1) is 6.10 Å². The highest BCUT2D eigenvalue weighted by Crippen LogP contribution is 2.30. The molecule has 2 N–H and O–H groups in total. The van der Waals surface area contributed by atoms with Crippen LogP contribution in [0.3, 0.4) is 0 Å². The Balaban J connectivity index is 2.65. The van der Waals surface area contributed by atoms with E-state index in [1.54, 1.807) is 7.11 Å². The minimum absolute atomic E-state index is 0.195. The first kappa shape index (κ1) is 12.5. The summed E-state index contributed by atoms with van der Waals surface area (Å²) < 4.78 is 5.25. The Morgan fingerprint density at radius 2 is 2.00 bits per heavy atom. The smallest absolute Gasteiger partial charge is 0.323 e. The van der Waals surface area contributed by atoms with Crippen LogP contribution in [0.5, 0.6) is 0 Å². The van der Waals surface area contributed by atoms with E-state index in [1.807, 2.05) is 13.8 Å². The molecule has 0 aromatic heterocycles. The summed E-state index contributed by atoms with van der Waals surface area (Å²) in [4.78, 5) is 11.3. The minimum atomic E-state index is -0.733. The predicted octanol–water partition coefficient (Wildman–Crippen LogP) is 1.40. The highest BCUT2D eigenvalue weighted by atomic mass is 16.5. The van der Waals surface area contributed by atoms with Crippen LogP contribution < -0.4 is 5.32 Å². The van der Waals surface area contributed by atoms with Gasteiger partial charge in [0.25, 0.3) is 0 Å². The molecule has 0 aromatic carbocycles. The fourth-order valence-electron chi connectivity index (χ4n) is 2.29. The highest BCUT2D eigenvalue weighted by molar-refractivity contribution is 5.79. The van der Waals surface area contributed by atoms with E-state index in [9.17, 15) is 9.90 Å². The molecule has 0 unspecified atom stereocenters. The van der Waals surface area contributed by atoms with Gasteiger partial charge in [-0.1, -0.05) is 0 Å². The average Bonchev–Trinajstić information content (AvgIpc) is 2.17. The van der Waals surface area contributed by atoms with Gasteiger partial charge in [-0.25, -0.2) is 0 Å². The standard InChI is InChI=1S/C11H21NO3/c1-8(2)12-11(10(13)14)6-4-9(15-3)5-7-11/h8-9,12H,4-7H2,1-3H3,(H,13,14). The summed E-state index contributed by atoms with van der Waals surface area (Å²) in [6, 6.07) is 0.195. The normalized spacial score (nSPS) is 31.9. The molecule has 0 aliphatic heterocycles. The Kier molecular flexibility index (Phi) is 4.11. The number of ether oxygens (including phenoxy) is 1. The van der Waals surface area contributed by atoms with E-state index in [2.05, 4.69) is 5.32 Å². The lowest BCUT2D eigenvalue weighted by atomic mass is 9.80. The van der Waals surface area contributed by atoms with Crippen molar-refractivity contribution in [2.45, 2.75) is 57.2 Å². The van der Waals surface area contributed by atoms with Crippen LogP contribution in [0.1, 0.15) is 39.5 Å². The Labute approximate surface area is 91.0 Å². The van der Waals surface area contributed by atoms with Crippen molar-refractivity contribution in [3.63, 3.8) is 0 Å². The molecular formula is C11H21NO3. The first-order chi connectivity index (χ1) is 7.00. The molecule has 88 valence electrons. The van der Waals surface area contributed by atoms with E-state index in [4.69, 9.17) is 4.74 Å². The molecule has 1 aliphatic carbocycles. The summed E-state index contributed by atoms with van der Waals surface area (Å²) in [5.74, 6) is -0.731. The zero-order chi connectivity index (χ0) is 11.5. The number of hydrogen-bond acceptors (Lipinski definition) is 3. The van der Waals surface area contributed by atoms with Crippen LogP contribution in [-0.4, -0.2) is 35.9 Å². The number of aliphatic carboxylic acids is 1. The quantitative estimate of drug-likeness (QED) is 0.744. The van der Waals surface area contributed by atoms with Crippen molar-refractivity contribution >= 4 is 5.97 Å². The molecule has 4 nitrogen and oxygen atoms in total. The SMILES string of the molecule is COC1CCC(NC(C)C)(C(=O)O)CC1. The van der Waals surface area contributed by atoms with E-state index in [1.165, 1.54) is 0 Å². The molecule has 1 rings (SSSR count). The molecule has 0 heterocycles. The lowest BCUT2D eigenvalue weighted by Crippen LogP contribution is -2.57. The summed E-state index contributed by atoms with van der Waals surface area (Å²) in [5, 5.41) is 12.5. The van der Waals surface area contributed by atoms with Crippen molar-refractivity contribution < 1.29 is 14.6 Å². The summed E-state index contributed by atoms with van der Waals surface area (Å²) in [7, 11) is 1.69. The zero-order valence-corrected chi connectivity index (χ0v) is 9.75. The van der Waals surface area contributed by atoms with E-state index in [0.717, 1.165) is 12.8 Å². The third kappa shape index (κ3) is 2.92. The lowest BCUT2D eigenvalue weighted by molar-refractivity contribution is -0.148. The van der Waals surface area contributed by atoms with Crippen LogP contribution in [0.15, 0.2) is 0 Å². The summed E-state index contributed by atoms with van der Waals surface area (Å²) in [5.41, 5.74) is -0.733. The van der Waals surface area contributed by atoms with Crippen LogP contribution in [0.25, 0.3) is 0 Å². The Bertz CT molecular complexity index is 220. The molecule has 0 bridgehead atoms. The van der Waals surface area contributed by atoms with Gasteiger partial charge < -0.3 is 9.84 Å². The Morgan fingerprint density at radius 3 is 2.33 bits per heavy atom. The zero-order valence-electron chi connectivity index (χ0n) is 9.75. The van der Waals surface area contributed by atoms with Crippen molar-refractivity contribution in [1.82, 2.24) is 5.32 Å². The average molecular weight is 215 g/mol. The fraction of sp³-hybridized carbons (Fsp3) is 0.909. The maximum atomic E-state index is 11.3.